The molecule has 0 spiro atoms. The lowest BCUT2D eigenvalue weighted by molar-refractivity contribution is 0.303. The zero-order valence-corrected chi connectivity index (χ0v) is 10.1. The van der Waals surface area contributed by atoms with Crippen molar-refractivity contribution < 1.29 is 0 Å². The lowest BCUT2D eigenvalue weighted by Gasteiger charge is -2.25. The van der Waals surface area contributed by atoms with Crippen molar-refractivity contribution in [1.82, 2.24) is 4.98 Å². The molecule has 3 N–H and O–H groups in total. The first-order chi connectivity index (χ1) is 7.75. The summed E-state index contributed by atoms with van der Waals surface area (Å²) in [7, 11) is 0. The Morgan fingerprint density at radius 3 is 2.81 bits per heavy atom. The monoisotopic (exact) mass is 235 g/mol. The lowest BCUT2D eigenvalue weighted by atomic mass is 9.83. The van der Waals surface area contributed by atoms with Crippen LogP contribution in [-0.2, 0) is 0 Å². The minimum atomic E-state index is 0.397. The average Bonchev–Trinajstić information content (AvgIpc) is 2.22. The highest BCUT2D eigenvalue weighted by Crippen LogP contribution is 2.29. The van der Waals surface area contributed by atoms with Gasteiger partial charge in [-0.3, -0.25) is 0 Å². The van der Waals surface area contributed by atoms with Gasteiger partial charge in [-0.15, -0.1) is 0 Å². The van der Waals surface area contributed by atoms with Gasteiger partial charge in [-0.05, 0) is 24.5 Å². The summed E-state index contributed by atoms with van der Waals surface area (Å²) in [5, 5.41) is 3.31. The minimum Gasteiger partial charge on any atom is -0.389 e. The SMILES string of the molecule is NC(=S)c1ccc(NCCC2CCC2)nc1. The number of nitrogens with two attached hydrogens (primary N) is 1. The van der Waals surface area contributed by atoms with E-state index in [-0.39, 0.29) is 0 Å². The predicted octanol–water partition coefficient (Wildman–Crippen LogP) is 2.32. The van der Waals surface area contributed by atoms with Gasteiger partial charge in [0.15, 0.2) is 0 Å². The second-order valence-electron chi connectivity index (χ2n) is 4.31. The molecule has 86 valence electrons. The summed E-state index contributed by atoms with van der Waals surface area (Å²) in [5.74, 6) is 1.84. The largest absolute Gasteiger partial charge is 0.389 e. The summed E-state index contributed by atoms with van der Waals surface area (Å²) in [6.07, 6.45) is 7.17. The molecular formula is C12H17N3S. The molecule has 1 heterocycles. The number of thiocarbonyl (C=S) groups is 1. The van der Waals surface area contributed by atoms with Gasteiger partial charge >= 0.3 is 0 Å². The van der Waals surface area contributed by atoms with E-state index in [2.05, 4.69) is 10.3 Å². The molecular weight excluding hydrogens is 218 g/mol. The highest BCUT2D eigenvalue weighted by Gasteiger charge is 2.16. The Hall–Kier alpha value is -1.16. The number of pyridine rings is 1. The van der Waals surface area contributed by atoms with Crippen molar-refractivity contribution in [1.29, 1.82) is 0 Å². The van der Waals surface area contributed by atoms with Crippen LogP contribution < -0.4 is 11.1 Å². The van der Waals surface area contributed by atoms with Gasteiger partial charge in [-0.1, -0.05) is 31.5 Å². The summed E-state index contributed by atoms with van der Waals surface area (Å²) >= 11 is 4.87. The van der Waals surface area contributed by atoms with Crippen LogP contribution in [0, 0.1) is 5.92 Å². The summed E-state index contributed by atoms with van der Waals surface area (Å²) < 4.78 is 0. The van der Waals surface area contributed by atoms with Crippen LogP contribution in [0.25, 0.3) is 0 Å². The van der Waals surface area contributed by atoms with Gasteiger partial charge < -0.3 is 11.1 Å². The van der Waals surface area contributed by atoms with Gasteiger partial charge in [0.25, 0.3) is 0 Å². The Bertz CT molecular complexity index is 357. The summed E-state index contributed by atoms with van der Waals surface area (Å²) in [5.41, 5.74) is 6.32. The number of rotatable bonds is 5. The molecule has 0 amide bonds. The van der Waals surface area contributed by atoms with Gasteiger partial charge in [-0.25, -0.2) is 4.98 Å². The number of hydrogen-bond donors (Lipinski definition) is 2. The fourth-order valence-electron chi connectivity index (χ4n) is 1.83. The van der Waals surface area contributed by atoms with Crippen LogP contribution in [0.1, 0.15) is 31.2 Å². The molecule has 4 heteroatoms. The van der Waals surface area contributed by atoms with Crippen molar-refractivity contribution in [2.24, 2.45) is 11.7 Å². The van der Waals surface area contributed by atoms with E-state index in [1.54, 1.807) is 6.20 Å². The fraction of sp³-hybridized carbons (Fsp3) is 0.500. The molecule has 1 saturated carbocycles. The highest BCUT2D eigenvalue weighted by molar-refractivity contribution is 7.80. The van der Waals surface area contributed by atoms with E-state index < -0.39 is 0 Å². The Labute approximate surface area is 101 Å². The average molecular weight is 235 g/mol. The summed E-state index contributed by atoms with van der Waals surface area (Å²) in [4.78, 5) is 4.66. The van der Waals surface area contributed by atoms with E-state index in [1.807, 2.05) is 12.1 Å². The van der Waals surface area contributed by atoms with Crippen LogP contribution in [0.4, 0.5) is 5.82 Å². The first kappa shape index (κ1) is 11.3. The Morgan fingerprint density at radius 1 is 1.50 bits per heavy atom. The predicted molar refractivity (Wildman–Crippen MR) is 70.6 cm³/mol. The smallest absolute Gasteiger partial charge is 0.125 e. The van der Waals surface area contributed by atoms with E-state index in [4.69, 9.17) is 18.0 Å². The van der Waals surface area contributed by atoms with Crippen LogP contribution in [0.5, 0.6) is 0 Å². The molecule has 0 bridgehead atoms. The van der Waals surface area contributed by atoms with Crippen LogP contribution in [0.15, 0.2) is 18.3 Å². The van der Waals surface area contributed by atoms with Gasteiger partial charge in [0.1, 0.15) is 10.8 Å². The van der Waals surface area contributed by atoms with Crippen molar-refractivity contribution in [2.75, 3.05) is 11.9 Å². The van der Waals surface area contributed by atoms with Gasteiger partial charge in [0.05, 0.1) is 0 Å². The molecule has 0 atom stereocenters. The van der Waals surface area contributed by atoms with Crippen molar-refractivity contribution in [2.45, 2.75) is 25.7 Å². The number of hydrogen-bond acceptors (Lipinski definition) is 3. The maximum Gasteiger partial charge on any atom is 0.125 e. The topological polar surface area (TPSA) is 50.9 Å². The summed E-state index contributed by atoms with van der Waals surface area (Å²) in [6, 6.07) is 3.83. The molecule has 0 saturated heterocycles. The zero-order valence-electron chi connectivity index (χ0n) is 9.28. The van der Waals surface area contributed by atoms with E-state index in [1.165, 1.54) is 25.7 Å². The van der Waals surface area contributed by atoms with Crippen molar-refractivity contribution in [3.8, 4) is 0 Å². The molecule has 0 aliphatic heterocycles. The van der Waals surface area contributed by atoms with Gasteiger partial charge in [-0.2, -0.15) is 0 Å². The fourth-order valence-corrected chi connectivity index (χ4v) is 1.95. The maximum absolute atomic E-state index is 5.50. The normalized spacial score (nSPS) is 15.5. The second-order valence-corrected chi connectivity index (χ2v) is 4.75. The van der Waals surface area contributed by atoms with E-state index >= 15 is 0 Å². The second kappa shape index (κ2) is 5.25. The van der Waals surface area contributed by atoms with Crippen molar-refractivity contribution in [3.63, 3.8) is 0 Å². The maximum atomic E-state index is 5.50. The molecule has 1 aliphatic rings. The van der Waals surface area contributed by atoms with Crippen LogP contribution in [0.2, 0.25) is 0 Å². The molecule has 1 aromatic heterocycles. The molecule has 1 aromatic rings. The molecule has 0 radical (unpaired) electrons. The quantitative estimate of drug-likeness (QED) is 0.769. The molecule has 16 heavy (non-hydrogen) atoms. The molecule has 0 unspecified atom stereocenters. The standard InChI is InChI=1S/C12H17N3S/c13-12(16)10-4-5-11(15-8-10)14-7-6-9-2-1-3-9/h4-5,8-9H,1-3,6-7H2,(H2,13,16)(H,14,15). The van der Waals surface area contributed by atoms with Crippen LogP contribution in [0.3, 0.4) is 0 Å². The Morgan fingerprint density at radius 2 is 2.31 bits per heavy atom. The number of nitrogens with one attached hydrogen (secondary N) is 1. The molecule has 0 aromatic carbocycles. The number of nitrogens with zero attached hydrogens (tertiary/aromatic N) is 1. The number of aromatic nitrogens is 1. The first-order valence-electron chi connectivity index (χ1n) is 5.75. The number of anilines is 1. The first-order valence-corrected chi connectivity index (χ1v) is 6.16. The zero-order chi connectivity index (χ0) is 11.4. The van der Waals surface area contributed by atoms with Crippen LogP contribution >= 0.6 is 12.2 Å². The highest BCUT2D eigenvalue weighted by atomic mass is 32.1. The molecule has 1 fully saturated rings. The molecule has 3 nitrogen and oxygen atoms in total. The van der Waals surface area contributed by atoms with Crippen molar-refractivity contribution in [3.05, 3.63) is 23.9 Å². The third-order valence-corrected chi connectivity index (χ3v) is 3.37. The van der Waals surface area contributed by atoms with E-state index in [9.17, 15) is 0 Å². The summed E-state index contributed by atoms with van der Waals surface area (Å²) in [6.45, 7) is 1.00. The van der Waals surface area contributed by atoms with Crippen LogP contribution in [-0.4, -0.2) is 16.5 Å². The van der Waals surface area contributed by atoms with E-state index in [0.717, 1.165) is 23.8 Å². The Kier molecular flexibility index (Phi) is 3.72. The van der Waals surface area contributed by atoms with Crippen molar-refractivity contribution >= 4 is 23.0 Å². The molecule has 1 aliphatic carbocycles. The Balaban J connectivity index is 1.78. The van der Waals surface area contributed by atoms with Gasteiger partial charge in [0.2, 0.25) is 0 Å². The lowest BCUT2D eigenvalue weighted by Crippen LogP contribution is -2.16. The van der Waals surface area contributed by atoms with Gasteiger partial charge in [0, 0.05) is 18.3 Å². The molecule has 2 rings (SSSR count). The third-order valence-electron chi connectivity index (χ3n) is 3.13. The minimum absolute atomic E-state index is 0.397. The third kappa shape index (κ3) is 2.92. The van der Waals surface area contributed by atoms with E-state index in [0.29, 0.717) is 4.99 Å².